The number of ether oxygens (including phenoxy) is 1. The van der Waals surface area contributed by atoms with Crippen molar-refractivity contribution in [2.75, 3.05) is 30.5 Å². The summed E-state index contributed by atoms with van der Waals surface area (Å²) in [7, 11) is 3.85. The monoisotopic (exact) mass is 544 g/mol. The molecule has 0 radical (unpaired) electrons. The summed E-state index contributed by atoms with van der Waals surface area (Å²) in [5, 5.41) is 11.9. The molecule has 1 fully saturated rings. The van der Waals surface area contributed by atoms with Gasteiger partial charge in [-0.3, -0.25) is 14.5 Å². The molecule has 1 aliphatic rings. The molecule has 2 N–H and O–H groups in total. The summed E-state index contributed by atoms with van der Waals surface area (Å²) in [6, 6.07) is 15.2. The van der Waals surface area contributed by atoms with Crippen LogP contribution in [0.1, 0.15) is 35.2 Å². The average molecular weight is 545 g/mol. The third-order valence-electron chi connectivity index (χ3n) is 6.99. The standard InChI is InChI=1S/C30H29ClN4O4/c1-6-39-24-15-19(9-12-21(24)31)27(36)25-26(18-7-10-20(11-8-18)34(4)5)35(29(38)28(25)37)30-32-22-13-16(2)17(3)14-23(22)33-30/h7-15,26,36H,6H2,1-5H3,(H,32,33)/b27-25+. The molecule has 3 aromatic carbocycles. The van der Waals surface area contributed by atoms with Gasteiger partial charge in [0.05, 0.1) is 34.3 Å². The highest BCUT2D eigenvalue weighted by Crippen LogP contribution is 2.43. The van der Waals surface area contributed by atoms with Gasteiger partial charge in [-0.1, -0.05) is 23.7 Å². The minimum absolute atomic E-state index is 0.0461. The minimum atomic E-state index is -0.921. The zero-order valence-corrected chi connectivity index (χ0v) is 23.1. The van der Waals surface area contributed by atoms with Gasteiger partial charge in [0.15, 0.2) is 0 Å². The van der Waals surface area contributed by atoms with Gasteiger partial charge in [-0.05, 0) is 79.9 Å². The van der Waals surface area contributed by atoms with E-state index in [4.69, 9.17) is 16.3 Å². The third kappa shape index (κ3) is 4.61. The number of fused-ring (bicyclic) bond motifs is 1. The molecule has 200 valence electrons. The first-order chi connectivity index (χ1) is 18.6. The topological polar surface area (TPSA) is 98.8 Å². The smallest absolute Gasteiger partial charge is 0.302 e. The summed E-state index contributed by atoms with van der Waals surface area (Å²) in [5.41, 5.74) is 5.42. The number of nitrogens with zero attached hydrogens (tertiary/aromatic N) is 3. The second-order valence-corrected chi connectivity index (χ2v) is 10.2. The van der Waals surface area contributed by atoms with Crippen molar-refractivity contribution in [1.29, 1.82) is 0 Å². The molecule has 1 atom stereocenters. The number of anilines is 2. The van der Waals surface area contributed by atoms with Gasteiger partial charge in [0, 0.05) is 25.3 Å². The fraction of sp³-hybridized carbons (Fsp3) is 0.233. The van der Waals surface area contributed by atoms with Crippen LogP contribution in [0.15, 0.2) is 60.2 Å². The van der Waals surface area contributed by atoms with E-state index in [-0.39, 0.29) is 17.3 Å². The number of aromatic nitrogens is 2. The number of Topliss-reactive ketones (excluding diaryl/α,β-unsaturated/α-hetero) is 1. The first kappa shape index (κ1) is 26.3. The number of carbonyl (C=O) groups excluding carboxylic acids is 2. The molecule has 9 heteroatoms. The average Bonchev–Trinajstić information content (AvgIpc) is 3.42. The van der Waals surface area contributed by atoms with Gasteiger partial charge in [-0.25, -0.2) is 4.98 Å². The van der Waals surface area contributed by atoms with E-state index in [1.807, 2.05) is 76.2 Å². The number of aromatic amines is 1. The number of rotatable bonds is 6. The molecule has 4 aromatic rings. The van der Waals surface area contributed by atoms with Crippen LogP contribution >= 0.6 is 11.6 Å². The fourth-order valence-corrected chi connectivity index (χ4v) is 4.94. The predicted octanol–water partition coefficient (Wildman–Crippen LogP) is 5.92. The van der Waals surface area contributed by atoms with Crippen molar-refractivity contribution in [1.82, 2.24) is 9.97 Å². The first-order valence-electron chi connectivity index (χ1n) is 12.6. The van der Waals surface area contributed by atoms with Gasteiger partial charge in [0.25, 0.3) is 5.78 Å². The number of ketones is 1. The predicted molar refractivity (Wildman–Crippen MR) is 154 cm³/mol. The summed E-state index contributed by atoms with van der Waals surface area (Å²) in [5.74, 6) is -1.33. The van der Waals surface area contributed by atoms with Gasteiger partial charge in [0.1, 0.15) is 11.5 Å². The molecule has 1 aliphatic heterocycles. The van der Waals surface area contributed by atoms with E-state index in [0.717, 1.165) is 22.3 Å². The van der Waals surface area contributed by atoms with Crippen molar-refractivity contribution in [2.24, 2.45) is 0 Å². The number of H-pyrrole nitrogens is 1. The molecule has 1 unspecified atom stereocenters. The minimum Gasteiger partial charge on any atom is -0.507 e. The second kappa shape index (κ2) is 10.1. The highest BCUT2D eigenvalue weighted by Gasteiger charge is 2.48. The van der Waals surface area contributed by atoms with E-state index < -0.39 is 17.7 Å². The van der Waals surface area contributed by atoms with Crippen molar-refractivity contribution in [3.8, 4) is 5.75 Å². The van der Waals surface area contributed by atoms with E-state index in [2.05, 4.69) is 9.97 Å². The fourth-order valence-electron chi connectivity index (χ4n) is 4.76. The SMILES string of the molecule is CCOc1cc(/C(O)=C2\C(=O)C(=O)N(c3nc4cc(C)c(C)cc4[nH]3)C2c2ccc(N(C)C)cc2)ccc1Cl. The molecule has 1 amide bonds. The van der Waals surface area contributed by atoms with Gasteiger partial charge < -0.3 is 19.7 Å². The third-order valence-corrected chi connectivity index (χ3v) is 7.30. The lowest BCUT2D eigenvalue weighted by Gasteiger charge is -2.24. The molecule has 5 rings (SSSR count). The Labute approximate surface area is 231 Å². The van der Waals surface area contributed by atoms with E-state index in [1.165, 1.54) is 4.90 Å². The normalized spacial score (nSPS) is 16.8. The Kier molecular flexibility index (Phi) is 6.82. The Morgan fingerprint density at radius 2 is 1.77 bits per heavy atom. The van der Waals surface area contributed by atoms with Crippen LogP contribution in [0.5, 0.6) is 5.75 Å². The van der Waals surface area contributed by atoms with Gasteiger partial charge in [-0.15, -0.1) is 0 Å². The van der Waals surface area contributed by atoms with Crippen molar-refractivity contribution in [3.05, 3.63) is 87.4 Å². The number of halogens is 1. The van der Waals surface area contributed by atoms with Crippen molar-refractivity contribution in [3.63, 3.8) is 0 Å². The lowest BCUT2D eigenvalue weighted by atomic mass is 9.95. The Hall–Kier alpha value is -4.30. The number of carbonyl (C=O) groups is 2. The first-order valence-corrected chi connectivity index (χ1v) is 13.0. The van der Waals surface area contributed by atoms with E-state index >= 15 is 0 Å². The zero-order valence-electron chi connectivity index (χ0n) is 22.4. The molecular formula is C30H29ClN4O4. The maximum absolute atomic E-state index is 13.6. The molecule has 39 heavy (non-hydrogen) atoms. The molecule has 0 aliphatic carbocycles. The molecule has 1 saturated heterocycles. The number of aliphatic hydroxyl groups excluding tert-OH is 1. The number of imidazole rings is 1. The number of aliphatic hydroxyl groups is 1. The van der Waals surface area contributed by atoms with Crippen LogP contribution in [0.4, 0.5) is 11.6 Å². The Morgan fingerprint density at radius 1 is 1.08 bits per heavy atom. The van der Waals surface area contributed by atoms with Crippen LogP contribution in [-0.2, 0) is 9.59 Å². The molecule has 0 spiro atoms. The van der Waals surface area contributed by atoms with E-state index in [0.29, 0.717) is 34.0 Å². The molecule has 0 bridgehead atoms. The molecular weight excluding hydrogens is 516 g/mol. The largest absolute Gasteiger partial charge is 0.507 e. The maximum atomic E-state index is 13.6. The van der Waals surface area contributed by atoms with Crippen LogP contribution in [0.25, 0.3) is 16.8 Å². The lowest BCUT2D eigenvalue weighted by Crippen LogP contribution is -2.30. The van der Waals surface area contributed by atoms with E-state index in [9.17, 15) is 14.7 Å². The number of benzene rings is 3. The lowest BCUT2D eigenvalue weighted by molar-refractivity contribution is -0.132. The summed E-state index contributed by atoms with van der Waals surface area (Å²) < 4.78 is 5.58. The zero-order chi connectivity index (χ0) is 28.0. The van der Waals surface area contributed by atoms with Gasteiger partial charge in [-0.2, -0.15) is 0 Å². The molecule has 1 aromatic heterocycles. The highest BCUT2D eigenvalue weighted by atomic mass is 35.5. The van der Waals surface area contributed by atoms with Crippen molar-refractivity contribution in [2.45, 2.75) is 26.8 Å². The molecule has 2 heterocycles. The number of hydrogen-bond acceptors (Lipinski definition) is 6. The highest BCUT2D eigenvalue weighted by molar-refractivity contribution is 6.51. The molecule has 8 nitrogen and oxygen atoms in total. The second-order valence-electron chi connectivity index (χ2n) is 9.75. The van der Waals surface area contributed by atoms with Crippen LogP contribution in [0.3, 0.4) is 0 Å². The van der Waals surface area contributed by atoms with E-state index in [1.54, 1.807) is 18.2 Å². The Balaban J connectivity index is 1.71. The van der Waals surface area contributed by atoms with Gasteiger partial charge in [0.2, 0.25) is 5.95 Å². The number of nitrogens with one attached hydrogen (secondary N) is 1. The van der Waals surface area contributed by atoms with Crippen LogP contribution in [-0.4, -0.2) is 47.5 Å². The maximum Gasteiger partial charge on any atom is 0.302 e. The summed E-state index contributed by atoms with van der Waals surface area (Å²) in [6.07, 6.45) is 0. The van der Waals surface area contributed by atoms with Gasteiger partial charge >= 0.3 is 5.91 Å². The van der Waals surface area contributed by atoms with Crippen molar-refractivity contribution < 1.29 is 19.4 Å². The van der Waals surface area contributed by atoms with Crippen LogP contribution in [0, 0.1) is 13.8 Å². The number of aryl methyl sites for hydroxylation is 2. The quantitative estimate of drug-likeness (QED) is 0.177. The van der Waals surface area contributed by atoms with Crippen molar-refractivity contribution >= 4 is 51.7 Å². The number of amides is 1. The van der Waals surface area contributed by atoms with Crippen LogP contribution < -0.4 is 14.5 Å². The van der Waals surface area contributed by atoms with Crippen LogP contribution in [0.2, 0.25) is 5.02 Å². The summed E-state index contributed by atoms with van der Waals surface area (Å²) >= 11 is 6.25. The Bertz CT molecular complexity index is 1600. The summed E-state index contributed by atoms with van der Waals surface area (Å²) in [4.78, 5) is 38.3. The number of hydrogen-bond donors (Lipinski definition) is 2. The Morgan fingerprint density at radius 3 is 2.44 bits per heavy atom. The molecule has 0 saturated carbocycles. The summed E-state index contributed by atoms with van der Waals surface area (Å²) in [6.45, 7) is 6.18.